The summed E-state index contributed by atoms with van der Waals surface area (Å²) in [6, 6.07) is 14.4. The number of hydrogen-bond donors (Lipinski definition) is 1. The van der Waals surface area contributed by atoms with Gasteiger partial charge < -0.3 is 5.11 Å². The highest BCUT2D eigenvalue weighted by Gasteiger charge is 1.99. The van der Waals surface area contributed by atoms with Gasteiger partial charge in [-0.1, -0.05) is 30.3 Å². The number of aromatic nitrogens is 2. The molecule has 0 aliphatic heterocycles. The van der Waals surface area contributed by atoms with Crippen molar-refractivity contribution in [1.29, 1.82) is 0 Å². The SMILES string of the molecule is CCO.c1ccc2c(c1)ccc1nnccc12. The summed E-state index contributed by atoms with van der Waals surface area (Å²) in [7, 11) is 0. The Balaban J connectivity index is 0.000000329. The lowest BCUT2D eigenvalue weighted by Gasteiger charge is -2.00. The van der Waals surface area contributed by atoms with E-state index >= 15 is 0 Å². The second-order valence-electron chi connectivity index (χ2n) is 3.57. The van der Waals surface area contributed by atoms with Crippen molar-refractivity contribution in [2.75, 3.05) is 6.61 Å². The Morgan fingerprint density at radius 2 is 1.76 bits per heavy atom. The molecular weight excluding hydrogens is 212 g/mol. The maximum absolute atomic E-state index is 7.57. The van der Waals surface area contributed by atoms with Crippen LogP contribution in [0.25, 0.3) is 21.7 Å². The van der Waals surface area contributed by atoms with Crippen molar-refractivity contribution in [3.8, 4) is 0 Å². The first-order valence-electron chi connectivity index (χ1n) is 5.57. The Morgan fingerprint density at radius 1 is 1.00 bits per heavy atom. The largest absolute Gasteiger partial charge is 0.397 e. The molecule has 0 radical (unpaired) electrons. The molecule has 0 aliphatic carbocycles. The Kier molecular flexibility index (Phi) is 3.62. The summed E-state index contributed by atoms with van der Waals surface area (Å²) < 4.78 is 0. The number of fused-ring (bicyclic) bond motifs is 3. The first kappa shape index (κ1) is 11.5. The molecule has 0 spiro atoms. The molecule has 0 saturated carbocycles. The van der Waals surface area contributed by atoms with Crippen molar-refractivity contribution in [3.05, 3.63) is 48.7 Å². The second-order valence-corrected chi connectivity index (χ2v) is 3.57. The number of hydrogen-bond acceptors (Lipinski definition) is 3. The lowest BCUT2D eigenvalue weighted by atomic mass is 10.1. The molecule has 0 unspecified atom stereocenters. The van der Waals surface area contributed by atoms with Crippen molar-refractivity contribution < 1.29 is 5.11 Å². The standard InChI is InChI=1S/C12H8N2.C2H6O/c1-2-4-10-9(3-1)5-6-12-11(10)7-8-13-14-12;1-2-3/h1-8H;3H,2H2,1H3. The van der Waals surface area contributed by atoms with Gasteiger partial charge in [0.15, 0.2) is 0 Å². The highest BCUT2D eigenvalue weighted by atomic mass is 16.2. The third kappa shape index (κ3) is 2.40. The monoisotopic (exact) mass is 226 g/mol. The maximum atomic E-state index is 7.57. The van der Waals surface area contributed by atoms with E-state index < -0.39 is 0 Å². The van der Waals surface area contributed by atoms with Crippen molar-refractivity contribution in [3.63, 3.8) is 0 Å². The molecule has 3 aromatic rings. The van der Waals surface area contributed by atoms with Gasteiger partial charge in [0.25, 0.3) is 0 Å². The number of rotatable bonds is 0. The van der Waals surface area contributed by atoms with Gasteiger partial charge in [-0.25, -0.2) is 0 Å². The van der Waals surface area contributed by atoms with Gasteiger partial charge in [-0.15, -0.1) is 0 Å². The molecule has 86 valence electrons. The van der Waals surface area contributed by atoms with Crippen LogP contribution in [0, 0.1) is 0 Å². The second kappa shape index (κ2) is 5.37. The topological polar surface area (TPSA) is 46.0 Å². The molecule has 3 heteroatoms. The Bertz CT molecular complexity index is 568. The molecule has 0 atom stereocenters. The predicted octanol–water partition coefficient (Wildman–Crippen LogP) is 2.78. The van der Waals surface area contributed by atoms with Gasteiger partial charge in [-0.3, -0.25) is 0 Å². The number of aliphatic hydroxyl groups is 1. The quantitative estimate of drug-likeness (QED) is 0.599. The van der Waals surface area contributed by atoms with Gasteiger partial charge in [-0.2, -0.15) is 10.2 Å². The van der Waals surface area contributed by atoms with E-state index in [1.54, 1.807) is 13.1 Å². The zero-order chi connectivity index (χ0) is 12.1. The highest BCUT2D eigenvalue weighted by Crippen LogP contribution is 2.22. The summed E-state index contributed by atoms with van der Waals surface area (Å²) in [6.07, 6.45) is 1.73. The summed E-state index contributed by atoms with van der Waals surface area (Å²) in [4.78, 5) is 0. The summed E-state index contributed by atoms with van der Waals surface area (Å²) in [6.45, 7) is 1.93. The minimum Gasteiger partial charge on any atom is -0.397 e. The molecule has 2 aromatic carbocycles. The molecule has 0 fully saturated rings. The van der Waals surface area contributed by atoms with E-state index in [4.69, 9.17) is 5.11 Å². The molecule has 1 N–H and O–H groups in total. The van der Waals surface area contributed by atoms with E-state index in [1.807, 2.05) is 24.3 Å². The average Bonchev–Trinajstić information content (AvgIpc) is 2.40. The van der Waals surface area contributed by atoms with Crippen molar-refractivity contribution in [2.45, 2.75) is 6.92 Å². The molecule has 17 heavy (non-hydrogen) atoms. The summed E-state index contributed by atoms with van der Waals surface area (Å²) in [5.41, 5.74) is 0.950. The fourth-order valence-corrected chi connectivity index (χ4v) is 1.75. The van der Waals surface area contributed by atoms with E-state index in [-0.39, 0.29) is 6.61 Å². The fraction of sp³-hybridized carbons (Fsp3) is 0.143. The van der Waals surface area contributed by atoms with E-state index in [0.29, 0.717) is 0 Å². The average molecular weight is 226 g/mol. The van der Waals surface area contributed by atoms with Crippen molar-refractivity contribution in [1.82, 2.24) is 10.2 Å². The van der Waals surface area contributed by atoms with Crippen LogP contribution in [0.3, 0.4) is 0 Å². The minimum atomic E-state index is 0.250. The Labute approximate surface area is 99.7 Å². The van der Waals surface area contributed by atoms with Gasteiger partial charge >= 0.3 is 0 Å². The van der Waals surface area contributed by atoms with E-state index in [2.05, 4.69) is 28.4 Å². The van der Waals surface area contributed by atoms with Gasteiger partial charge in [0, 0.05) is 12.0 Å². The van der Waals surface area contributed by atoms with Gasteiger partial charge in [-0.05, 0) is 29.8 Å². The lowest BCUT2D eigenvalue weighted by molar-refractivity contribution is 0.318. The Morgan fingerprint density at radius 3 is 2.59 bits per heavy atom. The van der Waals surface area contributed by atoms with Gasteiger partial charge in [0.2, 0.25) is 0 Å². The molecule has 3 rings (SSSR count). The summed E-state index contributed by atoms with van der Waals surface area (Å²) in [5, 5.41) is 19.2. The predicted molar refractivity (Wildman–Crippen MR) is 69.8 cm³/mol. The van der Waals surface area contributed by atoms with Crippen LogP contribution in [-0.4, -0.2) is 21.9 Å². The number of benzene rings is 2. The van der Waals surface area contributed by atoms with Crippen LogP contribution in [0.5, 0.6) is 0 Å². The van der Waals surface area contributed by atoms with Crippen molar-refractivity contribution in [2.24, 2.45) is 0 Å². The molecule has 1 aromatic heterocycles. The number of nitrogens with zero attached hydrogens (tertiary/aromatic N) is 2. The first-order chi connectivity index (χ1) is 8.36. The zero-order valence-electron chi connectivity index (χ0n) is 9.67. The molecule has 0 bridgehead atoms. The molecular formula is C14H14N2O. The van der Waals surface area contributed by atoms with Gasteiger partial charge in [0.05, 0.1) is 11.7 Å². The Hall–Kier alpha value is -2.00. The van der Waals surface area contributed by atoms with Crippen LogP contribution in [-0.2, 0) is 0 Å². The lowest BCUT2D eigenvalue weighted by Crippen LogP contribution is -1.83. The minimum absolute atomic E-state index is 0.250. The fourth-order valence-electron chi connectivity index (χ4n) is 1.75. The highest BCUT2D eigenvalue weighted by molar-refractivity contribution is 6.05. The summed E-state index contributed by atoms with van der Waals surface area (Å²) >= 11 is 0. The molecule has 0 amide bonds. The molecule has 0 saturated heterocycles. The molecule has 3 nitrogen and oxygen atoms in total. The maximum Gasteiger partial charge on any atom is 0.0936 e. The van der Waals surface area contributed by atoms with Gasteiger partial charge in [0.1, 0.15) is 0 Å². The first-order valence-corrected chi connectivity index (χ1v) is 5.57. The molecule has 1 heterocycles. The van der Waals surface area contributed by atoms with E-state index in [9.17, 15) is 0 Å². The van der Waals surface area contributed by atoms with E-state index in [0.717, 1.165) is 10.9 Å². The van der Waals surface area contributed by atoms with Crippen LogP contribution in [0.2, 0.25) is 0 Å². The smallest absolute Gasteiger partial charge is 0.0936 e. The third-order valence-corrected chi connectivity index (χ3v) is 2.42. The zero-order valence-corrected chi connectivity index (χ0v) is 9.67. The van der Waals surface area contributed by atoms with Crippen LogP contribution in [0.15, 0.2) is 48.7 Å². The third-order valence-electron chi connectivity index (χ3n) is 2.42. The van der Waals surface area contributed by atoms with Crippen LogP contribution in [0.1, 0.15) is 6.92 Å². The van der Waals surface area contributed by atoms with Crippen molar-refractivity contribution >= 4 is 21.7 Å². The van der Waals surface area contributed by atoms with Crippen LogP contribution < -0.4 is 0 Å². The molecule has 0 aliphatic rings. The van der Waals surface area contributed by atoms with Crippen LogP contribution >= 0.6 is 0 Å². The van der Waals surface area contributed by atoms with E-state index in [1.165, 1.54) is 10.8 Å². The number of aliphatic hydroxyl groups excluding tert-OH is 1. The normalized spacial score (nSPS) is 10.0. The summed E-state index contributed by atoms with van der Waals surface area (Å²) in [5.74, 6) is 0. The van der Waals surface area contributed by atoms with Crippen LogP contribution in [0.4, 0.5) is 0 Å².